The zero-order chi connectivity index (χ0) is 24.7. The van der Waals surface area contributed by atoms with Crippen molar-refractivity contribution in [2.24, 2.45) is 0 Å². The Morgan fingerprint density at radius 1 is 0.559 bits per heavy atom. The van der Waals surface area contributed by atoms with Crippen molar-refractivity contribution in [1.29, 1.82) is 0 Å². The maximum Gasteiger partial charge on any atom is 0.256 e. The number of hydrogen-bond donors (Lipinski definition) is 0. The van der Waals surface area contributed by atoms with Gasteiger partial charge in [-0.15, -0.1) is 0 Å². The van der Waals surface area contributed by atoms with Crippen LogP contribution in [-0.2, 0) is 13.0 Å². The molecule has 0 bridgehead atoms. The van der Waals surface area contributed by atoms with Crippen LogP contribution in [0.1, 0.15) is 181 Å². The molecule has 0 amide bonds. The summed E-state index contributed by atoms with van der Waals surface area (Å²) in [5.41, 5.74) is 0. The number of nitrogens with zero attached hydrogens (tertiary/aromatic N) is 2. The van der Waals surface area contributed by atoms with Gasteiger partial charge < -0.3 is 0 Å². The lowest BCUT2D eigenvalue weighted by atomic mass is 10.0. The number of imidazole rings is 1. The molecule has 0 aromatic carbocycles. The minimum atomic E-state index is 0.571. The van der Waals surface area contributed by atoms with E-state index in [1.54, 1.807) is 5.82 Å². The summed E-state index contributed by atoms with van der Waals surface area (Å²) in [7, 11) is 0. The lowest BCUT2D eigenvalue weighted by molar-refractivity contribution is -0.704. The molecule has 0 aliphatic carbocycles. The fraction of sp³-hybridized carbons (Fsp3) is 0.906. The van der Waals surface area contributed by atoms with Gasteiger partial charge in [0.25, 0.3) is 5.82 Å². The minimum absolute atomic E-state index is 0.571. The number of rotatable bonds is 25. The average Bonchev–Trinajstić information content (AvgIpc) is 3.24. The summed E-state index contributed by atoms with van der Waals surface area (Å²) >= 11 is 0. The van der Waals surface area contributed by atoms with Gasteiger partial charge in [0.05, 0.1) is 12.6 Å². The van der Waals surface area contributed by atoms with Crippen molar-refractivity contribution in [2.75, 3.05) is 0 Å². The zero-order valence-corrected chi connectivity index (χ0v) is 24.1. The third-order valence-electron chi connectivity index (χ3n) is 7.60. The summed E-state index contributed by atoms with van der Waals surface area (Å²) in [5.74, 6) is 1.57. The van der Waals surface area contributed by atoms with E-state index in [9.17, 15) is 0 Å². The topological polar surface area (TPSA) is 8.81 Å². The van der Waals surface area contributed by atoms with Crippen LogP contribution in [0.2, 0.25) is 0 Å². The van der Waals surface area contributed by atoms with Crippen LogP contribution in [0.4, 0.5) is 0 Å². The van der Waals surface area contributed by atoms with Gasteiger partial charge in [-0.1, -0.05) is 136 Å². The van der Waals surface area contributed by atoms with Gasteiger partial charge in [-0.3, -0.25) is 0 Å². The first-order valence-electron chi connectivity index (χ1n) is 15.8. The van der Waals surface area contributed by atoms with Gasteiger partial charge in [0.15, 0.2) is 0 Å². The highest BCUT2D eigenvalue weighted by atomic mass is 15.2. The Morgan fingerprint density at radius 2 is 0.941 bits per heavy atom. The van der Waals surface area contributed by atoms with Crippen LogP contribution in [0.3, 0.4) is 0 Å². The van der Waals surface area contributed by atoms with Gasteiger partial charge in [0.1, 0.15) is 12.4 Å². The molecule has 0 atom stereocenters. The van der Waals surface area contributed by atoms with Crippen molar-refractivity contribution < 1.29 is 4.57 Å². The fourth-order valence-electron chi connectivity index (χ4n) is 5.31. The van der Waals surface area contributed by atoms with Gasteiger partial charge in [-0.05, 0) is 33.1 Å². The van der Waals surface area contributed by atoms with E-state index in [2.05, 4.69) is 49.2 Å². The van der Waals surface area contributed by atoms with Crippen LogP contribution in [0.5, 0.6) is 0 Å². The standard InChI is InChI=1S/C32H63N2/c1-5-7-9-11-13-15-16-17-18-19-21-23-25-27-32-33(29-30-34(32)31(3)4)28-26-24-22-20-14-12-10-8-6-2/h29-31H,5-28H2,1-4H3/q+1. The lowest BCUT2D eigenvalue weighted by Crippen LogP contribution is -2.37. The minimum Gasteiger partial charge on any atom is -0.234 e. The average molecular weight is 476 g/mol. The molecular weight excluding hydrogens is 412 g/mol. The maximum atomic E-state index is 2.57. The predicted molar refractivity (Wildman–Crippen MR) is 152 cm³/mol. The van der Waals surface area contributed by atoms with Crippen molar-refractivity contribution in [3.8, 4) is 0 Å². The van der Waals surface area contributed by atoms with Crippen molar-refractivity contribution in [3.63, 3.8) is 0 Å². The Hall–Kier alpha value is -0.790. The molecule has 0 saturated carbocycles. The van der Waals surface area contributed by atoms with E-state index in [-0.39, 0.29) is 0 Å². The van der Waals surface area contributed by atoms with Crippen LogP contribution in [0.25, 0.3) is 0 Å². The van der Waals surface area contributed by atoms with Crippen molar-refractivity contribution in [3.05, 3.63) is 18.2 Å². The second-order valence-electron chi connectivity index (χ2n) is 11.2. The van der Waals surface area contributed by atoms with Gasteiger partial charge in [-0.25, -0.2) is 9.13 Å². The smallest absolute Gasteiger partial charge is 0.234 e. The number of aromatic nitrogens is 2. The molecule has 0 aliphatic heterocycles. The van der Waals surface area contributed by atoms with Gasteiger partial charge in [0.2, 0.25) is 0 Å². The molecule has 2 heteroatoms. The second-order valence-corrected chi connectivity index (χ2v) is 11.2. The molecule has 1 aromatic rings. The van der Waals surface area contributed by atoms with E-state index in [1.807, 2.05) is 0 Å². The Bertz CT molecular complexity index is 545. The molecule has 1 heterocycles. The number of aryl methyl sites for hydroxylation is 1. The monoisotopic (exact) mass is 475 g/mol. The summed E-state index contributed by atoms with van der Waals surface area (Å²) < 4.78 is 5.09. The molecule has 200 valence electrons. The first-order chi connectivity index (χ1) is 16.7. The fourth-order valence-corrected chi connectivity index (χ4v) is 5.31. The molecule has 0 fully saturated rings. The first-order valence-corrected chi connectivity index (χ1v) is 15.8. The van der Waals surface area contributed by atoms with Crippen LogP contribution >= 0.6 is 0 Å². The summed E-state index contributed by atoms with van der Waals surface area (Å²) in [5, 5.41) is 0. The van der Waals surface area contributed by atoms with E-state index in [0.29, 0.717) is 6.04 Å². The Balaban J connectivity index is 2.13. The van der Waals surface area contributed by atoms with Crippen molar-refractivity contribution in [2.45, 2.75) is 188 Å². The molecule has 0 spiro atoms. The van der Waals surface area contributed by atoms with E-state index in [0.717, 1.165) is 0 Å². The maximum absolute atomic E-state index is 2.57. The molecule has 0 aliphatic rings. The van der Waals surface area contributed by atoms with Crippen LogP contribution in [0.15, 0.2) is 12.4 Å². The number of hydrogen-bond acceptors (Lipinski definition) is 0. The molecule has 0 saturated heterocycles. The highest BCUT2D eigenvalue weighted by molar-refractivity contribution is 4.86. The van der Waals surface area contributed by atoms with Gasteiger partial charge >= 0.3 is 0 Å². The zero-order valence-electron chi connectivity index (χ0n) is 24.1. The summed E-state index contributed by atoms with van der Waals surface area (Å²) in [6.45, 7) is 10.5. The van der Waals surface area contributed by atoms with Gasteiger partial charge in [0, 0.05) is 6.42 Å². The molecule has 1 aromatic heterocycles. The molecular formula is C32H63N2+. The first kappa shape index (κ1) is 31.2. The highest BCUT2D eigenvalue weighted by Crippen LogP contribution is 2.15. The molecule has 2 nitrogen and oxygen atoms in total. The molecule has 1 rings (SSSR count). The summed E-state index contributed by atoms with van der Waals surface area (Å²) in [6.07, 6.45) is 37.3. The summed E-state index contributed by atoms with van der Waals surface area (Å²) in [6, 6.07) is 0.571. The Labute approximate surface area is 215 Å². The van der Waals surface area contributed by atoms with E-state index in [4.69, 9.17) is 0 Å². The van der Waals surface area contributed by atoms with Crippen LogP contribution in [0, 0.1) is 0 Å². The quantitative estimate of drug-likeness (QED) is 0.0981. The largest absolute Gasteiger partial charge is 0.256 e. The Kier molecular flexibility index (Phi) is 20.8. The SMILES string of the molecule is CCCCCCCCCCCCCCCc1n(C(C)C)cc[n+]1CCCCCCCCCCC. The van der Waals surface area contributed by atoms with Crippen LogP contribution < -0.4 is 4.57 Å². The summed E-state index contributed by atoms with van der Waals surface area (Å²) in [4.78, 5) is 0. The third-order valence-corrected chi connectivity index (χ3v) is 7.60. The molecule has 34 heavy (non-hydrogen) atoms. The van der Waals surface area contributed by atoms with E-state index < -0.39 is 0 Å². The predicted octanol–water partition coefficient (Wildman–Crippen LogP) is 10.5. The van der Waals surface area contributed by atoms with E-state index >= 15 is 0 Å². The Morgan fingerprint density at radius 3 is 1.35 bits per heavy atom. The number of unbranched alkanes of at least 4 members (excludes halogenated alkanes) is 20. The third kappa shape index (κ3) is 16.0. The normalized spacial score (nSPS) is 11.7. The van der Waals surface area contributed by atoms with E-state index in [1.165, 1.54) is 154 Å². The van der Waals surface area contributed by atoms with Crippen molar-refractivity contribution in [1.82, 2.24) is 4.57 Å². The molecule has 0 radical (unpaired) electrons. The van der Waals surface area contributed by atoms with Crippen LogP contribution in [-0.4, -0.2) is 4.57 Å². The van der Waals surface area contributed by atoms with Crippen molar-refractivity contribution >= 4 is 0 Å². The highest BCUT2D eigenvalue weighted by Gasteiger charge is 2.18. The molecule has 0 unspecified atom stereocenters. The van der Waals surface area contributed by atoms with Gasteiger partial charge in [-0.2, -0.15) is 0 Å². The molecule has 0 N–H and O–H groups in total. The lowest BCUT2D eigenvalue weighted by Gasteiger charge is -2.08. The second kappa shape index (κ2) is 22.7.